The summed E-state index contributed by atoms with van der Waals surface area (Å²) in [6.45, 7) is 8.01. The summed E-state index contributed by atoms with van der Waals surface area (Å²) in [6, 6.07) is 9.86. The van der Waals surface area contributed by atoms with Gasteiger partial charge in [-0.1, -0.05) is 42.1 Å². The zero-order valence-corrected chi connectivity index (χ0v) is 20.2. The summed E-state index contributed by atoms with van der Waals surface area (Å²) >= 11 is 2.74. The number of thioether (sulfide) groups is 1. The Morgan fingerprint density at radius 2 is 1.97 bits per heavy atom. The Morgan fingerprint density at radius 1 is 1.25 bits per heavy atom. The fraction of sp³-hybridized carbons (Fsp3) is 0.435. The lowest BCUT2D eigenvalue weighted by atomic mass is 10.0. The number of thiophene rings is 1. The number of fused-ring (bicyclic) bond motifs is 1. The van der Waals surface area contributed by atoms with E-state index < -0.39 is 0 Å². The highest BCUT2D eigenvalue weighted by atomic mass is 32.2. The van der Waals surface area contributed by atoms with Gasteiger partial charge in [0, 0.05) is 43.2 Å². The van der Waals surface area contributed by atoms with Crippen molar-refractivity contribution < 1.29 is 9.53 Å². The average molecular weight is 473 g/mol. The Hall–Kier alpha value is -2.20. The molecule has 32 heavy (non-hydrogen) atoms. The number of rotatable bonds is 7. The molecular weight excluding hydrogens is 444 g/mol. The first kappa shape index (κ1) is 23.0. The van der Waals surface area contributed by atoms with Crippen molar-refractivity contribution >= 4 is 39.2 Å². The Balaban J connectivity index is 1.43. The summed E-state index contributed by atoms with van der Waals surface area (Å²) in [5.74, 6) is 0.142. The lowest BCUT2D eigenvalue weighted by Gasteiger charge is -2.40. The summed E-state index contributed by atoms with van der Waals surface area (Å²) in [5, 5.41) is 6.19. The predicted molar refractivity (Wildman–Crippen MR) is 131 cm³/mol. The van der Waals surface area contributed by atoms with E-state index in [2.05, 4.69) is 29.0 Å². The van der Waals surface area contributed by atoms with E-state index in [-0.39, 0.29) is 22.8 Å². The Morgan fingerprint density at radius 3 is 2.69 bits per heavy atom. The van der Waals surface area contributed by atoms with Gasteiger partial charge in [0.2, 0.25) is 5.91 Å². The highest BCUT2D eigenvalue weighted by molar-refractivity contribution is 7.99. The number of nitrogens with one attached hydrogen (secondary N) is 1. The van der Waals surface area contributed by atoms with Crippen LogP contribution in [-0.2, 0) is 16.6 Å². The van der Waals surface area contributed by atoms with Crippen LogP contribution >= 0.6 is 23.1 Å². The van der Waals surface area contributed by atoms with Gasteiger partial charge < -0.3 is 10.1 Å². The third-order valence-corrected chi connectivity index (χ3v) is 7.68. The molecule has 1 saturated heterocycles. The molecule has 1 N–H and O–H groups in total. The Bertz CT molecular complexity index is 1150. The number of ether oxygens (including phenoxy) is 1. The number of amides is 1. The van der Waals surface area contributed by atoms with Crippen molar-refractivity contribution in [2.24, 2.45) is 7.05 Å². The minimum atomic E-state index is -0.140. The maximum Gasteiger partial charge on any atom is 0.263 e. The van der Waals surface area contributed by atoms with Crippen LogP contribution in [0.15, 0.2) is 45.7 Å². The van der Waals surface area contributed by atoms with Gasteiger partial charge in [0.15, 0.2) is 5.16 Å². The van der Waals surface area contributed by atoms with Gasteiger partial charge in [-0.25, -0.2) is 4.98 Å². The van der Waals surface area contributed by atoms with Crippen LogP contribution < -0.4 is 10.9 Å². The molecule has 9 heteroatoms. The highest BCUT2D eigenvalue weighted by Gasteiger charge is 2.28. The van der Waals surface area contributed by atoms with E-state index in [4.69, 9.17) is 4.74 Å². The van der Waals surface area contributed by atoms with E-state index in [1.54, 1.807) is 7.05 Å². The lowest BCUT2D eigenvalue weighted by Crippen LogP contribution is -2.55. The molecule has 0 atom stereocenters. The number of hydrogen-bond donors (Lipinski definition) is 1. The zero-order chi connectivity index (χ0) is 22.7. The average Bonchev–Trinajstić information content (AvgIpc) is 3.24. The molecular formula is C23H28N4O3S2. The molecule has 0 unspecified atom stereocenters. The monoisotopic (exact) mass is 472 g/mol. The van der Waals surface area contributed by atoms with Gasteiger partial charge in [-0.05, 0) is 19.4 Å². The van der Waals surface area contributed by atoms with E-state index >= 15 is 0 Å². The molecule has 3 aromatic rings. The maximum absolute atomic E-state index is 13.1. The third kappa shape index (κ3) is 4.91. The Kier molecular flexibility index (Phi) is 6.99. The molecule has 0 aliphatic carbocycles. The van der Waals surface area contributed by atoms with Gasteiger partial charge in [-0.15, -0.1) is 11.3 Å². The van der Waals surface area contributed by atoms with E-state index in [9.17, 15) is 9.59 Å². The number of carbonyl (C=O) groups excluding carboxylic acids is 1. The van der Waals surface area contributed by atoms with Crippen LogP contribution in [0.2, 0.25) is 0 Å². The van der Waals surface area contributed by atoms with Gasteiger partial charge >= 0.3 is 0 Å². The van der Waals surface area contributed by atoms with Gasteiger partial charge in [-0.2, -0.15) is 0 Å². The van der Waals surface area contributed by atoms with Crippen LogP contribution in [0, 0.1) is 0 Å². The van der Waals surface area contributed by atoms with Crippen molar-refractivity contribution in [3.8, 4) is 11.1 Å². The molecule has 0 saturated carbocycles. The minimum Gasteiger partial charge on any atom is -0.379 e. The van der Waals surface area contributed by atoms with Crippen molar-refractivity contribution in [3.63, 3.8) is 0 Å². The second-order valence-corrected chi connectivity index (χ2v) is 10.2. The summed E-state index contributed by atoms with van der Waals surface area (Å²) in [6.07, 6.45) is 0. The SMILES string of the molecule is Cn1c(SCC(=O)NCC(C)(C)N2CCOCC2)nc2scc(-c3ccccc3)c2c1=O. The van der Waals surface area contributed by atoms with E-state index in [0.29, 0.717) is 21.9 Å². The summed E-state index contributed by atoms with van der Waals surface area (Å²) in [4.78, 5) is 33.3. The maximum atomic E-state index is 13.1. The second-order valence-electron chi connectivity index (χ2n) is 8.43. The smallest absolute Gasteiger partial charge is 0.263 e. The summed E-state index contributed by atoms with van der Waals surface area (Å²) in [5.41, 5.74) is 1.67. The summed E-state index contributed by atoms with van der Waals surface area (Å²) < 4.78 is 6.96. The summed E-state index contributed by atoms with van der Waals surface area (Å²) in [7, 11) is 1.71. The van der Waals surface area contributed by atoms with E-state index in [1.165, 1.54) is 27.7 Å². The molecule has 1 fully saturated rings. The van der Waals surface area contributed by atoms with Gasteiger partial charge in [0.25, 0.3) is 5.56 Å². The quantitative estimate of drug-likeness (QED) is 0.421. The molecule has 0 radical (unpaired) electrons. The van der Waals surface area contributed by atoms with E-state index in [0.717, 1.165) is 37.4 Å². The normalized spacial score (nSPS) is 15.2. The van der Waals surface area contributed by atoms with Crippen LogP contribution in [-0.4, -0.2) is 64.5 Å². The molecule has 7 nitrogen and oxygen atoms in total. The molecule has 2 aromatic heterocycles. The van der Waals surface area contributed by atoms with Crippen molar-refractivity contribution in [1.29, 1.82) is 0 Å². The van der Waals surface area contributed by atoms with E-state index in [1.807, 2.05) is 35.7 Å². The van der Waals surface area contributed by atoms with Gasteiger partial charge in [0.1, 0.15) is 4.83 Å². The van der Waals surface area contributed by atoms with Crippen LogP contribution in [0.4, 0.5) is 0 Å². The first-order chi connectivity index (χ1) is 15.4. The Labute approximate surface area is 195 Å². The van der Waals surface area contributed by atoms with Crippen molar-refractivity contribution in [3.05, 3.63) is 46.1 Å². The number of hydrogen-bond acceptors (Lipinski definition) is 7. The molecule has 0 bridgehead atoms. The molecule has 3 heterocycles. The van der Waals surface area contributed by atoms with Crippen molar-refractivity contribution in [1.82, 2.24) is 19.8 Å². The first-order valence-electron chi connectivity index (χ1n) is 10.6. The molecule has 1 aliphatic heterocycles. The molecule has 1 aliphatic rings. The molecule has 1 aromatic carbocycles. The van der Waals surface area contributed by atoms with Crippen LogP contribution in [0.5, 0.6) is 0 Å². The third-order valence-electron chi connectivity index (χ3n) is 5.78. The standard InChI is InChI=1S/C23H28N4O3S2/c1-23(2,27-9-11-30-12-10-27)15-24-18(28)14-32-22-25-20-19(21(29)26(22)3)17(13-31-20)16-7-5-4-6-8-16/h4-8,13H,9-12,14-15H2,1-3H3,(H,24,28). The van der Waals surface area contributed by atoms with Crippen molar-refractivity contribution in [2.75, 3.05) is 38.6 Å². The largest absolute Gasteiger partial charge is 0.379 e. The van der Waals surface area contributed by atoms with Crippen LogP contribution in [0.25, 0.3) is 21.3 Å². The number of nitrogens with zero attached hydrogens (tertiary/aromatic N) is 3. The van der Waals surface area contributed by atoms with Gasteiger partial charge in [-0.3, -0.25) is 19.1 Å². The minimum absolute atomic E-state index is 0.0677. The number of aromatic nitrogens is 2. The number of morpholine rings is 1. The fourth-order valence-corrected chi connectivity index (χ4v) is 5.58. The highest BCUT2D eigenvalue weighted by Crippen LogP contribution is 2.31. The molecule has 0 spiro atoms. The van der Waals surface area contributed by atoms with Crippen LogP contribution in [0.1, 0.15) is 13.8 Å². The lowest BCUT2D eigenvalue weighted by molar-refractivity contribution is -0.119. The topological polar surface area (TPSA) is 76.5 Å². The first-order valence-corrected chi connectivity index (χ1v) is 12.5. The molecule has 1 amide bonds. The van der Waals surface area contributed by atoms with Crippen molar-refractivity contribution in [2.45, 2.75) is 24.5 Å². The molecule has 4 rings (SSSR count). The molecule has 170 valence electrons. The van der Waals surface area contributed by atoms with Crippen LogP contribution in [0.3, 0.4) is 0 Å². The zero-order valence-electron chi connectivity index (χ0n) is 18.6. The predicted octanol–water partition coefficient (Wildman–Crippen LogP) is 2.98. The van der Waals surface area contributed by atoms with Gasteiger partial charge in [0.05, 0.1) is 24.4 Å². The number of carbonyl (C=O) groups is 1. The number of benzene rings is 1. The fourth-order valence-electron chi connectivity index (χ4n) is 3.79. The second kappa shape index (κ2) is 9.74.